The number of benzene rings is 2. The Hall–Kier alpha value is -2.78. The Morgan fingerprint density at radius 2 is 1.75 bits per heavy atom. The number of nitrogens with zero attached hydrogens (tertiary/aromatic N) is 2. The molecule has 0 N–H and O–H groups in total. The van der Waals surface area contributed by atoms with Crippen LogP contribution in [-0.2, 0) is 15.2 Å². The quantitative estimate of drug-likeness (QED) is 0.544. The molecule has 2 amide bonds. The van der Waals surface area contributed by atoms with Crippen molar-refractivity contribution in [2.75, 3.05) is 13.7 Å². The first-order valence-corrected chi connectivity index (χ1v) is 10.1. The van der Waals surface area contributed by atoms with Gasteiger partial charge in [-0.1, -0.05) is 40.5 Å². The molecule has 0 fully saturated rings. The van der Waals surface area contributed by atoms with Crippen LogP contribution >= 0.6 is 23.2 Å². The fourth-order valence-electron chi connectivity index (χ4n) is 3.15. The van der Waals surface area contributed by atoms with E-state index in [0.717, 1.165) is 17.0 Å². The van der Waals surface area contributed by atoms with Crippen LogP contribution in [0.25, 0.3) is 0 Å². The largest absolute Gasteiger partial charge is 0.449 e. The Kier molecular flexibility index (Phi) is 6.71. The van der Waals surface area contributed by atoms with Gasteiger partial charge in [-0.3, -0.25) is 4.79 Å². The lowest BCUT2D eigenvalue weighted by Gasteiger charge is -2.29. The minimum Gasteiger partial charge on any atom is -0.449 e. The van der Waals surface area contributed by atoms with E-state index in [1.54, 1.807) is 6.92 Å². The highest BCUT2D eigenvalue weighted by Gasteiger charge is 2.62. The van der Waals surface area contributed by atoms with Crippen LogP contribution in [0.3, 0.4) is 0 Å². The molecule has 2 aromatic carbocycles. The van der Waals surface area contributed by atoms with Crippen LogP contribution in [0.1, 0.15) is 34.8 Å². The molecule has 1 aliphatic heterocycles. The van der Waals surface area contributed by atoms with E-state index in [1.165, 1.54) is 37.4 Å². The average Bonchev–Trinajstić information content (AvgIpc) is 3.19. The van der Waals surface area contributed by atoms with E-state index in [-0.39, 0.29) is 33.5 Å². The molecule has 6 nitrogen and oxygen atoms in total. The van der Waals surface area contributed by atoms with E-state index in [2.05, 4.69) is 5.16 Å². The maximum atomic E-state index is 14.1. The fourth-order valence-corrected chi connectivity index (χ4v) is 3.67. The Morgan fingerprint density at radius 1 is 1.16 bits per heavy atom. The maximum Gasteiger partial charge on any atom is 0.435 e. The number of hydrogen-bond acceptors (Lipinski definition) is 5. The van der Waals surface area contributed by atoms with Crippen LogP contribution in [0.2, 0.25) is 10.0 Å². The zero-order chi connectivity index (χ0) is 23.7. The van der Waals surface area contributed by atoms with E-state index in [1.807, 2.05) is 0 Å². The predicted octanol–water partition coefficient (Wildman–Crippen LogP) is 5.80. The number of ether oxygens (including phenoxy) is 1. The average molecular weight is 489 g/mol. The Labute approximate surface area is 191 Å². The molecule has 1 unspecified atom stereocenters. The maximum absolute atomic E-state index is 14.1. The molecule has 32 heavy (non-hydrogen) atoms. The topological polar surface area (TPSA) is 68.2 Å². The summed E-state index contributed by atoms with van der Waals surface area (Å²) in [5.74, 6) is -0.627. The van der Waals surface area contributed by atoms with E-state index < -0.39 is 30.2 Å². The molecular formula is C21H17Cl2F3N2O4. The zero-order valence-corrected chi connectivity index (χ0v) is 18.4. The van der Waals surface area contributed by atoms with Crippen LogP contribution in [0.15, 0.2) is 47.6 Å². The van der Waals surface area contributed by atoms with Crippen molar-refractivity contribution in [2.45, 2.75) is 25.1 Å². The van der Waals surface area contributed by atoms with E-state index in [9.17, 15) is 22.8 Å². The standard InChI is InChI=1S/C21H17Cl2F3N2O4/c1-3-31-19(30)28(2)18(29)13-6-4-12(5-7-13)17-11-20(32-27-17,21(24,25)26)14-8-15(22)10-16(23)9-14/h4-10H,3,11H2,1-2H3. The number of alkyl halides is 3. The number of carbonyl (C=O) groups excluding carboxylic acids is 2. The summed E-state index contributed by atoms with van der Waals surface area (Å²) < 4.78 is 47.0. The molecule has 0 aliphatic carbocycles. The Morgan fingerprint density at radius 3 is 2.28 bits per heavy atom. The molecule has 11 heteroatoms. The lowest BCUT2D eigenvalue weighted by molar-refractivity contribution is -0.275. The van der Waals surface area contributed by atoms with Crippen molar-refractivity contribution in [3.63, 3.8) is 0 Å². The molecule has 1 atom stereocenters. The zero-order valence-electron chi connectivity index (χ0n) is 16.9. The Bertz CT molecular complexity index is 1050. The van der Waals surface area contributed by atoms with Crippen LogP contribution in [0.4, 0.5) is 18.0 Å². The number of hydrogen-bond donors (Lipinski definition) is 0. The summed E-state index contributed by atoms with van der Waals surface area (Å²) >= 11 is 11.8. The van der Waals surface area contributed by atoms with Crippen molar-refractivity contribution in [2.24, 2.45) is 5.16 Å². The van der Waals surface area contributed by atoms with Crippen LogP contribution < -0.4 is 0 Å². The lowest BCUT2D eigenvalue weighted by atomic mass is 9.86. The van der Waals surface area contributed by atoms with Gasteiger partial charge in [-0.2, -0.15) is 13.2 Å². The first-order chi connectivity index (χ1) is 15.0. The molecule has 0 saturated heterocycles. The summed E-state index contributed by atoms with van der Waals surface area (Å²) in [6.45, 7) is 1.71. The fraction of sp³-hybridized carbons (Fsp3) is 0.286. The van der Waals surface area contributed by atoms with Gasteiger partial charge in [0.1, 0.15) is 0 Å². The number of amides is 2. The summed E-state index contributed by atoms with van der Waals surface area (Å²) in [6.07, 6.45) is -6.25. The van der Waals surface area contributed by atoms with Gasteiger partial charge in [-0.15, -0.1) is 0 Å². The summed E-state index contributed by atoms with van der Waals surface area (Å²) in [5, 5.41) is 3.72. The van der Waals surface area contributed by atoms with Gasteiger partial charge in [-0.25, -0.2) is 9.69 Å². The van der Waals surface area contributed by atoms with Crippen LogP contribution in [-0.4, -0.2) is 42.4 Å². The second-order valence-corrected chi connectivity index (χ2v) is 7.80. The minimum absolute atomic E-state index is 0.0242. The van der Waals surface area contributed by atoms with Crippen molar-refractivity contribution in [3.05, 3.63) is 69.2 Å². The smallest absolute Gasteiger partial charge is 0.435 e. The summed E-state index contributed by atoms with van der Waals surface area (Å²) in [6, 6.07) is 9.17. The first kappa shape index (κ1) is 23.9. The van der Waals surface area contributed by atoms with Gasteiger partial charge >= 0.3 is 12.3 Å². The van der Waals surface area contributed by atoms with E-state index in [0.29, 0.717) is 5.56 Å². The first-order valence-electron chi connectivity index (χ1n) is 9.32. The molecule has 0 saturated carbocycles. The normalized spacial score (nSPS) is 18.0. The molecule has 3 rings (SSSR count). The third-order valence-corrected chi connectivity index (χ3v) is 5.26. The third kappa shape index (κ3) is 4.54. The highest BCUT2D eigenvalue weighted by molar-refractivity contribution is 6.34. The summed E-state index contributed by atoms with van der Waals surface area (Å²) in [4.78, 5) is 29.8. The molecule has 0 bridgehead atoms. The number of imide groups is 1. The van der Waals surface area contributed by atoms with E-state index >= 15 is 0 Å². The molecule has 2 aromatic rings. The van der Waals surface area contributed by atoms with Gasteiger partial charge in [0.25, 0.3) is 11.5 Å². The number of halogens is 5. The van der Waals surface area contributed by atoms with Gasteiger partial charge in [0, 0.05) is 34.6 Å². The molecular weight excluding hydrogens is 472 g/mol. The molecule has 0 spiro atoms. The van der Waals surface area contributed by atoms with E-state index in [4.69, 9.17) is 32.8 Å². The number of oxime groups is 1. The van der Waals surface area contributed by atoms with Gasteiger partial charge < -0.3 is 9.57 Å². The Balaban J connectivity index is 1.86. The molecule has 1 aliphatic rings. The van der Waals surface area contributed by atoms with Crippen molar-refractivity contribution < 1.29 is 32.3 Å². The molecule has 0 radical (unpaired) electrons. The van der Waals surface area contributed by atoms with Gasteiger partial charge in [0.2, 0.25) is 0 Å². The SMILES string of the molecule is CCOC(=O)N(C)C(=O)c1ccc(C2=NOC(c3cc(Cl)cc(Cl)c3)(C(F)(F)F)C2)cc1. The number of rotatable bonds is 4. The highest BCUT2D eigenvalue weighted by atomic mass is 35.5. The van der Waals surface area contributed by atoms with Crippen molar-refractivity contribution in [1.82, 2.24) is 4.90 Å². The number of carbonyl (C=O) groups is 2. The summed E-state index contributed by atoms with van der Waals surface area (Å²) in [7, 11) is 1.26. The second kappa shape index (κ2) is 8.99. The van der Waals surface area contributed by atoms with Crippen molar-refractivity contribution in [1.29, 1.82) is 0 Å². The van der Waals surface area contributed by atoms with Gasteiger partial charge in [-0.05, 0) is 42.8 Å². The van der Waals surface area contributed by atoms with Crippen molar-refractivity contribution >= 4 is 40.9 Å². The molecule has 1 heterocycles. The van der Waals surface area contributed by atoms with Crippen LogP contribution in [0, 0.1) is 0 Å². The lowest BCUT2D eigenvalue weighted by Crippen LogP contribution is -2.42. The molecule has 170 valence electrons. The van der Waals surface area contributed by atoms with Gasteiger partial charge in [0.15, 0.2) is 0 Å². The monoisotopic (exact) mass is 488 g/mol. The summed E-state index contributed by atoms with van der Waals surface area (Å²) in [5.41, 5.74) is -2.54. The highest BCUT2D eigenvalue weighted by Crippen LogP contribution is 2.49. The van der Waals surface area contributed by atoms with Crippen LogP contribution in [0.5, 0.6) is 0 Å². The van der Waals surface area contributed by atoms with Gasteiger partial charge in [0.05, 0.1) is 12.3 Å². The third-order valence-electron chi connectivity index (χ3n) is 4.83. The van der Waals surface area contributed by atoms with Crippen molar-refractivity contribution in [3.8, 4) is 0 Å². The second-order valence-electron chi connectivity index (χ2n) is 6.93. The predicted molar refractivity (Wildman–Crippen MR) is 112 cm³/mol. The molecule has 0 aromatic heterocycles. The minimum atomic E-state index is -4.81.